The van der Waals surface area contributed by atoms with Crippen molar-refractivity contribution >= 4 is 46.3 Å². The predicted molar refractivity (Wildman–Crippen MR) is 111 cm³/mol. The highest BCUT2D eigenvalue weighted by molar-refractivity contribution is 8.18. The Morgan fingerprint density at radius 3 is 2.72 bits per heavy atom. The van der Waals surface area contributed by atoms with E-state index in [4.69, 9.17) is 5.11 Å². The Kier molecular flexibility index (Phi) is 5.89. The van der Waals surface area contributed by atoms with Crippen LogP contribution in [0.25, 0.3) is 6.08 Å². The van der Waals surface area contributed by atoms with Crippen LogP contribution in [0.4, 0.5) is 11.4 Å². The van der Waals surface area contributed by atoms with Gasteiger partial charge in [-0.2, -0.15) is 0 Å². The van der Waals surface area contributed by atoms with E-state index in [9.17, 15) is 19.7 Å². The van der Waals surface area contributed by atoms with E-state index in [0.717, 1.165) is 11.8 Å². The minimum absolute atomic E-state index is 0.0721. The number of aromatic carboxylic acids is 1. The molecule has 0 spiro atoms. The second-order valence-electron chi connectivity index (χ2n) is 5.92. The number of rotatable bonds is 6. The molecule has 2 aromatic carbocycles. The van der Waals surface area contributed by atoms with Gasteiger partial charge in [0.25, 0.3) is 11.6 Å². The number of benzene rings is 2. The SMILES string of the molecule is C=CCN1C(=O)/C(=C/c2cccc([N+](=O)[O-])c2)SC1=Nc1cccc(C(=O)O)c1. The van der Waals surface area contributed by atoms with Crippen molar-refractivity contribution in [1.82, 2.24) is 4.90 Å². The molecule has 1 N–H and O–H groups in total. The second-order valence-corrected chi connectivity index (χ2v) is 6.93. The lowest BCUT2D eigenvalue weighted by Crippen LogP contribution is -2.29. The first-order valence-electron chi connectivity index (χ1n) is 8.38. The molecule has 1 heterocycles. The van der Waals surface area contributed by atoms with Crippen LogP contribution in [0.2, 0.25) is 0 Å². The van der Waals surface area contributed by atoms with Gasteiger partial charge in [0.15, 0.2) is 5.17 Å². The molecule has 0 radical (unpaired) electrons. The number of carbonyl (C=O) groups is 2. The van der Waals surface area contributed by atoms with Gasteiger partial charge in [0.05, 0.1) is 21.1 Å². The Hall–Kier alpha value is -3.72. The summed E-state index contributed by atoms with van der Waals surface area (Å²) in [6, 6.07) is 12.0. The molecule has 146 valence electrons. The molecule has 0 bridgehead atoms. The maximum Gasteiger partial charge on any atom is 0.335 e. The molecule has 8 nitrogen and oxygen atoms in total. The van der Waals surface area contributed by atoms with Crippen molar-refractivity contribution in [3.05, 3.63) is 87.3 Å². The van der Waals surface area contributed by atoms with Gasteiger partial charge in [0, 0.05) is 18.7 Å². The van der Waals surface area contributed by atoms with Crippen LogP contribution < -0.4 is 0 Å². The quantitative estimate of drug-likeness (QED) is 0.333. The van der Waals surface area contributed by atoms with Gasteiger partial charge in [-0.3, -0.25) is 19.8 Å². The number of carboxylic acid groups (broad SMARTS) is 1. The zero-order valence-corrected chi connectivity index (χ0v) is 15.8. The molecule has 1 saturated heterocycles. The van der Waals surface area contributed by atoms with E-state index < -0.39 is 10.9 Å². The summed E-state index contributed by atoms with van der Waals surface area (Å²) in [6.45, 7) is 3.86. The van der Waals surface area contributed by atoms with Crippen molar-refractivity contribution in [3.8, 4) is 0 Å². The summed E-state index contributed by atoms with van der Waals surface area (Å²) in [5.74, 6) is -1.38. The maximum atomic E-state index is 12.8. The number of hydrogen-bond acceptors (Lipinski definition) is 6. The number of nitro groups is 1. The topological polar surface area (TPSA) is 113 Å². The summed E-state index contributed by atoms with van der Waals surface area (Å²) in [7, 11) is 0. The monoisotopic (exact) mass is 409 g/mol. The number of carbonyl (C=O) groups excluding carboxylic acids is 1. The summed E-state index contributed by atoms with van der Waals surface area (Å²) in [4.78, 5) is 40.6. The fourth-order valence-corrected chi connectivity index (χ4v) is 3.59. The third-order valence-corrected chi connectivity index (χ3v) is 4.90. The van der Waals surface area contributed by atoms with Gasteiger partial charge in [-0.05, 0) is 41.6 Å². The minimum atomic E-state index is -1.07. The summed E-state index contributed by atoms with van der Waals surface area (Å²) < 4.78 is 0. The van der Waals surface area contributed by atoms with Gasteiger partial charge >= 0.3 is 5.97 Å². The zero-order chi connectivity index (χ0) is 21.0. The van der Waals surface area contributed by atoms with Crippen LogP contribution in [0.15, 0.2) is 71.1 Å². The zero-order valence-electron chi connectivity index (χ0n) is 15.0. The van der Waals surface area contributed by atoms with Gasteiger partial charge in [0.1, 0.15) is 0 Å². The molecule has 9 heteroatoms. The molecule has 2 aromatic rings. The lowest BCUT2D eigenvalue weighted by atomic mass is 10.2. The van der Waals surface area contributed by atoms with Crippen molar-refractivity contribution in [2.45, 2.75) is 0 Å². The fraction of sp³-hybridized carbons (Fsp3) is 0.0500. The van der Waals surface area contributed by atoms with Crippen molar-refractivity contribution < 1.29 is 19.6 Å². The molecule has 1 aliphatic rings. The Balaban J connectivity index is 1.97. The molecule has 29 heavy (non-hydrogen) atoms. The van der Waals surface area contributed by atoms with E-state index in [1.165, 1.54) is 29.2 Å². The number of nitrogens with zero attached hydrogens (tertiary/aromatic N) is 3. The average Bonchev–Trinajstić information content (AvgIpc) is 2.97. The molecule has 1 amide bonds. The van der Waals surface area contributed by atoms with Crippen molar-refractivity contribution in [3.63, 3.8) is 0 Å². The summed E-state index contributed by atoms with van der Waals surface area (Å²) in [5, 5.41) is 20.5. The normalized spacial score (nSPS) is 16.4. The predicted octanol–water partition coefficient (Wildman–Crippen LogP) is 4.08. The molecule has 1 fully saturated rings. The molecule has 0 aromatic heterocycles. The number of thioether (sulfide) groups is 1. The van der Waals surface area contributed by atoms with Crippen LogP contribution in [-0.2, 0) is 4.79 Å². The lowest BCUT2D eigenvalue weighted by Gasteiger charge is -2.12. The van der Waals surface area contributed by atoms with E-state index in [1.807, 2.05) is 0 Å². The number of nitro benzene ring substituents is 1. The van der Waals surface area contributed by atoms with Crippen LogP contribution in [0.5, 0.6) is 0 Å². The average molecular weight is 409 g/mol. The Labute approximate surface area is 170 Å². The molecular weight excluding hydrogens is 394 g/mol. The molecular formula is C20H15N3O5S. The Bertz CT molecular complexity index is 1080. The number of aliphatic imine (C=N–C) groups is 1. The molecule has 0 atom stereocenters. The van der Waals surface area contributed by atoms with Crippen molar-refractivity contribution in [1.29, 1.82) is 0 Å². The van der Waals surface area contributed by atoms with Crippen LogP contribution in [-0.4, -0.2) is 38.5 Å². The number of amides is 1. The highest BCUT2D eigenvalue weighted by atomic mass is 32.2. The van der Waals surface area contributed by atoms with E-state index in [-0.39, 0.29) is 23.7 Å². The number of amidine groups is 1. The first-order chi connectivity index (χ1) is 13.9. The summed E-state index contributed by atoms with van der Waals surface area (Å²) in [5.41, 5.74) is 0.925. The largest absolute Gasteiger partial charge is 0.478 e. The second kappa shape index (κ2) is 8.53. The molecule has 0 saturated carbocycles. The minimum Gasteiger partial charge on any atom is -0.478 e. The first-order valence-corrected chi connectivity index (χ1v) is 9.19. The van der Waals surface area contributed by atoms with Crippen LogP contribution in [0.3, 0.4) is 0 Å². The number of hydrogen-bond donors (Lipinski definition) is 1. The highest BCUT2D eigenvalue weighted by Crippen LogP contribution is 2.34. The molecule has 0 unspecified atom stereocenters. The van der Waals surface area contributed by atoms with E-state index >= 15 is 0 Å². The van der Waals surface area contributed by atoms with Gasteiger partial charge in [-0.15, -0.1) is 6.58 Å². The van der Waals surface area contributed by atoms with Crippen LogP contribution in [0, 0.1) is 10.1 Å². The third-order valence-electron chi connectivity index (χ3n) is 3.90. The summed E-state index contributed by atoms with van der Waals surface area (Å²) in [6.07, 6.45) is 3.12. The lowest BCUT2D eigenvalue weighted by molar-refractivity contribution is -0.384. The smallest absolute Gasteiger partial charge is 0.335 e. The van der Waals surface area contributed by atoms with Gasteiger partial charge in [-0.25, -0.2) is 9.79 Å². The van der Waals surface area contributed by atoms with Gasteiger partial charge < -0.3 is 5.11 Å². The van der Waals surface area contributed by atoms with Gasteiger partial charge in [-0.1, -0.05) is 24.3 Å². The first kappa shape index (κ1) is 20.0. The molecule has 1 aliphatic heterocycles. The van der Waals surface area contributed by atoms with E-state index in [2.05, 4.69) is 11.6 Å². The van der Waals surface area contributed by atoms with E-state index in [0.29, 0.717) is 21.3 Å². The van der Waals surface area contributed by atoms with Crippen molar-refractivity contribution in [2.24, 2.45) is 4.99 Å². The van der Waals surface area contributed by atoms with Crippen LogP contribution in [0.1, 0.15) is 15.9 Å². The fourth-order valence-electron chi connectivity index (χ4n) is 2.58. The Morgan fingerprint density at radius 2 is 2.03 bits per heavy atom. The highest BCUT2D eigenvalue weighted by Gasteiger charge is 2.32. The van der Waals surface area contributed by atoms with Gasteiger partial charge in [0.2, 0.25) is 0 Å². The number of carboxylic acids is 1. The standard InChI is InChI=1S/C20H15N3O5S/c1-2-9-22-18(24)17(11-13-5-3-8-16(10-13)23(27)28)29-20(22)21-15-7-4-6-14(12-15)19(25)26/h2-8,10-12H,1,9H2,(H,25,26)/b17-11-,21-20?. The summed E-state index contributed by atoms with van der Waals surface area (Å²) >= 11 is 1.11. The van der Waals surface area contributed by atoms with E-state index in [1.54, 1.807) is 36.4 Å². The number of non-ortho nitro benzene ring substituents is 1. The van der Waals surface area contributed by atoms with Crippen molar-refractivity contribution in [2.75, 3.05) is 6.54 Å². The molecule has 3 rings (SSSR count). The molecule has 0 aliphatic carbocycles. The maximum absolute atomic E-state index is 12.8. The Morgan fingerprint density at radius 1 is 1.28 bits per heavy atom. The third kappa shape index (κ3) is 4.58. The van der Waals surface area contributed by atoms with Crippen LogP contribution >= 0.6 is 11.8 Å².